The van der Waals surface area contributed by atoms with Gasteiger partial charge >= 0.3 is 5.69 Å². The van der Waals surface area contributed by atoms with Crippen LogP contribution in [0.1, 0.15) is 21.6 Å². The topological polar surface area (TPSA) is 128 Å². The molecule has 0 spiro atoms. The smallest absolute Gasteiger partial charge is 0.333 e. The van der Waals surface area contributed by atoms with Crippen LogP contribution >= 0.6 is 0 Å². The van der Waals surface area contributed by atoms with Crippen molar-refractivity contribution in [1.82, 2.24) is 24.4 Å². The van der Waals surface area contributed by atoms with E-state index in [1.165, 1.54) is 24.1 Å². The van der Waals surface area contributed by atoms with Gasteiger partial charge in [0.05, 0.1) is 19.1 Å². The lowest BCUT2D eigenvalue weighted by atomic mass is 10.2. The number of aromatic amines is 1. The maximum absolute atomic E-state index is 12.8. The second-order valence-corrected chi connectivity index (χ2v) is 6.53. The molecule has 0 fully saturated rings. The molecule has 0 aliphatic rings. The molecule has 30 heavy (non-hydrogen) atoms. The fourth-order valence-corrected chi connectivity index (χ4v) is 2.89. The Morgan fingerprint density at radius 2 is 1.90 bits per heavy atom. The number of H-pyrrole nitrogens is 1. The van der Waals surface area contributed by atoms with Crippen molar-refractivity contribution in [2.24, 2.45) is 0 Å². The molecule has 2 aromatic heterocycles. The summed E-state index contributed by atoms with van der Waals surface area (Å²) in [5, 5.41) is 2.58. The lowest BCUT2D eigenvalue weighted by Crippen LogP contribution is -2.40. The predicted octanol–water partition coefficient (Wildman–Crippen LogP) is 0.138. The SMILES string of the molecule is COc1ccccc1-n1c(=O)[nH]cc(C(=O)NCCn2cnc(C)c(C)c2=O)c1=O. The maximum atomic E-state index is 12.8. The molecule has 1 amide bonds. The number of hydrogen-bond acceptors (Lipinski definition) is 6. The van der Waals surface area contributed by atoms with Crippen molar-refractivity contribution in [2.45, 2.75) is 20.4 Å². The number of nitrogens with zero attached hydrogens (tertiary/aromatic N) is 3. The van der Waals surface area contributed by atoms with E-state index in [9.17, 15) is 19.2 Å². The van der Waals surface area contributed by atoms with Gasteiger partial charge in [0.15, 0.2) is 0 Å². The summed E-state index contributed by atoms with van der Waals surface area (Å²) in [5.74, 6) is -0.367. The minimum atomic E-state index is -0.786. The van der Waals surface area contributed by atoms with Crippen LogP contribution < -0.4 is 26.9 Å². The number of aryl methyl sites for hydroxylation is 1. The Bertz CT molecular complexity index is 1270. The fraction of sp³-hybridized carbons (Fsp3) is 0.250. The second kappa shape index (κ2) is 8.60. The molecule has 0 radical (unpaired) electrons. The van der Waals surface area contributed by atoms with Gasteiger partial charge in [0, 0.05) is 30.5 Å². The first-order valence-electron chi connectivity index (χ1n) is 9.14. The zero-order valence-corrected chi connectivity index (χ0v) is 16.8. The van der Waals surface area contributed by atoms with E-state index in [0.29, 0.717) is 17.0 Å². The second-order valence-electron chi connectivity index (χ2n) is 6.53. The number of hydrogen-bond donors (Lipinski definition) is 2. The Hall–Kier alpha value is -3.95. The van der Waals surface area contributed by atoms with E-state index < -0.39 is 17.2 Å². The van der Waals surface area contributed by atoms with E-state index in [-0.39, 0.29) is 29.9 Å². The fourth-order valence-electron chi connectivity index (χ4n) is 2.89. The van der Waals surface area contributed by atoms with E-state index in [0.717, 1.165) is 10.8 Å². The third kappa shape index (κ3) is 3.93. The van der Waals surface area contributed by atoms with Gasteiger partial charge in [-0.15, -0.1) is 0 Å². The van der Waals surface area contributed by atoms with E-state index in [2.05, 4.69) is 15.3 Å². The first-order chi connectivity index (χ1) is 14.3. The Morgan fingerprint density at radius 1 is 1.17 bits per heavy atom. The molecular weight excluding hydrogens is 390 g/mol. The van der Waals surface area contributed by atoms with Crippen molar-refractivity contribution in [3.8, 4) is 11.4 Å². The molecule has 3 rings (SSSR count). The molecular formula is C20H21N5O5. The predicted molar refractivity (Wildman–Crippen MR) is 110 cm³/mol. The lowest BCUT2D eigenvalue weighted by molar-refractivity contribution is 0.0949. The van der Waals surface area contributed by atoms with E-state index in [1.807, 2.05) is 0 Å². The monoisotopic (exact) mass is 411 g/mol. The van der Waals surface area contributed by atoms with Gasteiger partial charge in [-0.2, -0.15) is 0 Å². The van der Waals surface area contributed by atoms with Crippen LogP contribution in [-0.4, -0.2) is 38.7 Å². The van der Waals surface area contributed by atoms with E-state index in [4.69, 9.17) is 4.74 Å². The number of rotatable bonds is 6. The Morgan fingerprint density at radius 3 is 2.63 bits per heavy atom. The van der Waals surface area contributed by atoms with Crippen LogP contribution in [0.5, 0.6) is 5.75 Å². The number of para-hydroxylation sites is 2. The van der Waals surface area contributed by atoms with E-state index in [1.54, 1.807) is 32.0 Å². The first-order valence-corrected chi connectivity index (χ1v) is 9.14. The van der Waals surface area contributed by atoms with Gasteiger partial charge in [-0.3, -0.25) is 19.0 Å². The highest BCUT2D eigenvalue weighted by molar-refractivity contribution is 5.93. The number of nitrogens with one attached hydrogen (secondary N) is 2. The average molecular weight is 411 g/mol. The number of carbonyl (C=O) groups excluding carboxylic acids is 1. The van der Waals surface area contributed by atoms with Crippen LogP contribution in [0.3, 0.4) is 0 Å². The summed E-state index contributed by atoms with van der Waals surface area (Å²) < 4.78 is 7.42. The molecule has 0 aliphatic heterocycles. The quantitative estimate of drug-likeness (QED) is 0.594. The molecule has 0 unspecified atom stereocenters. The van der Waals surface area contributed by atoms with Crippen LogP contribution in [0.2, 0.25) is 0 Å². The number of ether oxygens (including phenoxy) is 1. The summed E-state index contributed by atoms with van der Waals surface area (Å²) in [5.41, 5.74) is -0.534. The molecule has 10 nitrogen and oxygen atoms in total. The molecule has 1 aromatic carbocycles. The Balaban J connectivity index is 1.84. The summed E-state index contributed by atoms with van der Waals surface area (Å²) in [7, 11) is 1.41. The van der Waals surface area contributed by atoms with Gasteiger partial charge in [-0.1, -0.05) is 12.1 Å². The molecule has 3 aromatic rings. The Labute approximate surface area is 170 Å². The van der Waals surface area contributed by atoms with Crippen LogP contribution in [0, 0.1) is 13.8 Å². The average Bonchev–Trinajstić information content (AvgIpc) is 2.74. The highest BCUT2D eigenvalue weighted by atomic mass is 16.5. The first kappa shape index (κ1) is 20.8. The largest absolute Gasteiger partial charge is 0.495 e. The molecule has 10 heteroatoms. The zero-order valence-electron chi connectivity index (χ0n) is 16.8. The Kier molecular flexibility index (Phi) is 5.95. The van der Waals surface area contributed by atoms with Crippen LogP contribution in [0.4, 0.5) is 0 Å². The summed E-state index contributed by atoms with van der Waals surface area (Å²) in [6, 6.07) is 6.48. The summed E-state index contributed by atoms with van der Waals surface area (Å²) in [6.07, 6.45) is 2.47. The summed E-state index contributed by atoms with van der Waals surface area (Å²) in [4.78, 5) is 56.3. The van der Waals surface area contributed by atoms with Crippen molar-refractivity contribution in [3.05, 3.63) is 84.8 Å². The molecule has 0 bridgehead atoms. The summed E-state index contributed by atoms with van der Waals surface area (Å²) in [6.45, 7) is 3.70. The number of benzene rings is 1. The molecule has 2 heterocycles. The van der Waals surface area contributed by atoms with Crippen molar-refractivity contribution in [3.63, 3.8) is 0 Å². The van der Waals surface area contributed by atoms with Gasteiger partial charge in [0.1, 0.15) is 11.3 Å². The van der Waals surface area contributed by atoms with Crippen LogP contribution in [0.15, 0.2) is 51.2 Å². The van der Waals surface area contributed by atoms with Crippen molar-refractivity contribution < 1.29 is 9.53 Å². The van der Waals surface area contributed by atoms with Crippen molar-refractivity contribution in [1.29, 1.82) is 0 Å². The van der Waals surface area contributed by atoms with Gasteiger partial charge < -0.3 is 15.0 Å². The van der Waals surface area contributed by atoms with Crippen LogP contribution in [0.25, 0.3) is 5.69 Å². The lowest BCUT2D eigenvalue weighted by Gasteiger charge is -2.11. The molecule has 0 saturated carbocycles. The third-order valence-corrected chi connectivity index (χ3v) is 4.70. The van der Waals surface area contributed by atoms with Crippen molar-refractivity contribution in [2.75, 3.05) is 13.7 Å². The number of amides is 1. The standard InChI is InChI=1S/C20H21N5O5/c1-12-13(2)23-11-24(18(12)27)9-8-21-17(26)14-10-22-20(29)25(19(14)28)15-6-4-5-7-16(15)30-3/h4-7,10-11H,8-9H2,1-3H3,(H,21,26)(H,22,29). The van der Waals surface area contributed by atoms with Crippen LogP contribution in [-0.2, 0) is 6.54 Å². The number of aromatic nitrogens is 4. The highest BCUT2D eigenvalue weighted by Crippen LogP contribution is 2.19. The maximum Gasteiger partial charge on any atom is 0.333 e. The minimum absolute atomic E-state index is 0.0934. The minimum Gasteiger partial charge on any atom is -0.495 e. The summed E-state index contributed by atoms with van der Waals surface area (Å²) >= 11 is 0. The van der Waals surface area contributed by atoms with Gasteiger partial charge in [0.2, 0.25) is 0 Å². The van der Waals surface area contributed by atoms with Gasteiger partial charge in [0.25, 0.3) is 17.0 Å². The number of carbonyl (C=O) groups is 1. The zero-order chi connectivity index (χ0) is 21.8. The molecule has 0 saturated heterocycles. The highest BCUT2D eigenvalue weighted by Gasteiger charge is 2.17. The normalized spacial score (nSPS) is 10.6. The number of methoxy groups -OCH3 is 1. The van der Waals surface area contributed by atoms with Gasteiger partial charge in [-0.25, -0.2) is 14.3 Å². The molecule has 0 aliphatic carbocycles. The third-order valence-electron chi connectivity index (χ3n) is 4.70. The van der Waals surface area contributed by atoms with E-state index >= 15 is 0 Å². The molecule has 2 N–H and O–H groups in total. The molecule has 0 atom stereocenters. The van der Waals surface area contributed by atoms with Crippen molar-refractivity contribution >= 4 is 5.91 Å². The van der Waals surface area contributed by atoms with Gasteiger partial charge in [-0.05, 0) is 26.0 Å². The molecule has 156 valence electrons.